The number of ether oxygens (including phenoxy) is 1. The molecule has 1 N–H and O–H groups in total. The van der Waals surface area contributed by atoms with Crippen LogP contribution in [0.25, 0.3) is 0 Å². The Morgan fingerprint density at radius 1 is 1.14 bits per heavy atom. The number of anilines is 1. The Balaban J connectivity index is 1.63. The van der Waals surface area contributed by atoms with Crippen molar-refractivity contribution < 1.29 is 4.74 Å². The molecule has 3 aliphatic rings. The van der Waals surface area contributed by atoms with Gasteiger partial charge in [0.2, 0.25) is 0 Å². The smallest absolute Gasteiger partial charge is 0.135 e. The SMILES string of the molecule is c1nc2c(c(N3CCOC4(CCCC4)C3)n1)CCNCC2. The number of hydrogen-bond donors (Lipinski definition) is 1. The zero-order valence-electron chi connectivity index (χ0n) is 12.6. The zero-order chi connectivity index (χ0) is 14.1. The molecule has 0 amide bonds. The van der Waals surface area contributed by atoms with Crippen LogP contribution in [0, 0.1) is 0 Å². The molecule has 114 valence electrons. The molecular weight excluding hydrogens is 264 g/mol. The minimum atomic E-state index is 0.0963. The Hall–Kier alpha value is -1.20. The van der Waals surface area contributed by atoms with Gasteiger partial charge in [0.15, 0.2) is 0 Å². The molecule has 0 aromatic carbocycles. The summed E-state index contributed by atoms with van der Waals surface area (Å²) in [5, 5.41) is 3.46. The number of aromatic nitrogens is 2. The summed E-state index contributed by atoms with van der Waals surface area (Å²) in [5.74, 6) is 1.17. The van der Waals surface area contributed by atoms with Crippen LogP contribution in [0.15, 0.2) is 6.33 Å². The monoisotopic (exact) mass is 288 g/mol. The summed E-state index contributed by atoms with van der Waals surface area (Å²) in [6, 6.07) is 0. The van der Waals surface area contributed by atoms with Gasteiger partial charge in [0, 0.05) is 31.6 Å². The van der Waals surface area contributed by atoms with Gasteiger partial charge in [-0.2, -0.15) is 0 Å². The van der Waals surface area contributed by atoms with E-state index in [0.29, 0.717) is 0 Å². The Bertz CT molecular complexity index is 513. The Morgan fingerprint density at radius 3 is 2.90 bits per heavy atom. The van der Waals surface area contributed by atoms with Gasteiger partial charge in [0.25, 0.3) is 0 Å². The highest BCUT2D eigenvalue weighted by atomic mass is 16.5. The molecule has 2 aliphatic heterocycles. The maximum Gasteiger partial charge on any atom is 0.135 e. The van der Waals surface area contributed by atoms with Gasteiger partial charge in [0.1, 0.15) is 12.1 Å². The van der Waals surface area contributed by atoms with Crippen LogP contribution in [0.4, 0.5) is 5.82 Å². The molecule has 1 aliphatic carbocycles. The average molecular weight is 288 g/mol. The van der Waals surface area contributed by atoms with Gasteiger partial charge in [-0.15, -0.1) is 0 Å². The van der Waals surface area contributed by atoms with Crippen LogP contribution in [0.1, 0.15) is 36.9 Å². The number of nitrogens with one attached hydrogen (secondary N) is 1. The summed E-state index contributed by atoms with van der Waals surface area (Å²) in [6.45, 7) is 4.85. The van der Waals surface area contributed by atoms with E-state index in [4.69, 9.17) is 4.74 Å². The van der Waals surface area contributed by atoms with E-state index in [9.17, 15) is 0 Å². The van der Waals surface area contributed by atoms with Crippen molar-refractivity contribution >= 4 is 5.82 Å². The average Bonchev–Trinajstić information content (AvgIpc) is 2.82. The van der Waals surface area contributed by atoms with Gasteiger partial charge in [-0.25, -0.2) is 9.97 Å². The summed E-state index contributed by atoms with van der Waals surface area (Å²) < 4.78 is 6.15. The summed E-state index contributed by atoms with van der Waals surface area (Å²) in [6.07, 6.45) is 8.82. The van der Waals surface area contributed by atoms with Gasteiger partial charge in [-0.1, -0.05) is 12.8 Å². The number of morpholine rings is 1. The van der Waals surface area contributed by atoms with Crippen LogP contribution in [-0.2, 0) is 17.6 Å². The molecule has 5 nitrogen and oxygen atoms in total. The summed E-state index contributed by atoms with van der Waals surface area (Å²) in [7, 11) is 0. The highest BCUT2D eigenvalue weighted by Crippen LogP contribution is 2.37. The predicted octanol–water partition coefficient (Wildman–Crippen LogP) is 1.31. The Morgan fingerprint density at radius 2 is 2.00 bits per heavy atom. The minimum Gasteiger partial charge on any atom is -0.371 e. The molecule has 21 heavy (non-hydrogen) atoms. The molecule has 3 heterocycles. The molecule has 0 radical (unpaired) electrons. The van der Waals surface area contributed by atoms with Crippen molar-refractivity contribution in [3.8, 4) is 0 Å². The first-order valence-electron chi connectivity index (χ1n) is 8.29. The van der Waals surface area contributed by atoms with Crippen LogP contribution in [0.5, 0.6) is 0 Å². The van der Waals surface area contributed by atoms with Crippen LogP contribution < -0.4 is 10.2 Å². The van der Waals surface area contributed by atoms with Crippen LogP contribution in [-0.4, -0.2) is 48.4 Å². The molecule has 5 heteroatoms. The molecule has 0 atom stereocenters. The van der Waals surface area contributed by atoms with Crippen molar-refractivity contribution in [1.82, 2.24) is 15.3 Å². The fourth-order valence-corrected chi connectivity index (χ4v) is 4.07. The minimum absolute atomic E-state index is 0.0963. The highest BCUT2D eigenvalue weighted by Gasteiger charge is 2.40. The van der Waals surface area contributed by atoms with Gasteiger partial charge in [0.05, 0.1) is 17.9 Å². The quantitative estimate of drug-likeness (QED) is 0.844. The van der Waals surface area contributed by atoms with Crippen molar-refractivity contribution in [2.24, 2.45) is 0 Å². The third-order valence-corrected chi connectivity index (χ3v) is 5.17. The van der Waals surface area contributed by atoms with E-state index in [1.807, 2.05) is 0 Å². The lowest BCUT2D eigenvalue weighted by atomic mass is 9.99. The molecule has 4 rings (SSSR count). The lowest BCUT2D eigenvalue weighted by Crippen LogP contribution is -2.51. The number of nitrogens with zero attached hydrogens (tertiary/aromatic N) is 3. The van der Waals surface area contributed by atoms with E-state index in [1.54, 1.807) is 6.33 Å². The predicted molar refractivity (Wildman–Crippen MR) is 81.7 cm³/mol. The second kappa shape index (κ2) is 5.54. The lowest BCUT2D eigenvalue weighted by molar-refractivity contribution is -0.0503. The van der Waals surface area contributed by atoms with Crippen LogP contribution >= 0.6 is 0 Å². The molecule has 1 spiro atoms. The van der Waals surface area contributed by atoms with E-state index >= 15 is 0 Å². The van der Waals surface area contributed by atoms with Crippen LogP contribution in [0.2, 0.25) is 0 Å². The second-order valence-corrected chi connectivity index (χ2v) is 6.53. The molecule has 0 bridgehead atoms. The first kappa shape index (κ1) is 13.5. The maximum atomic E-state index is 6.15. The third-order valence-electron chi connectivity index (χ3n) is 5.17. The van der Waals surface area contributed by atoms with Crippen molar-refractivity contribution in [3.05, 3.63) is 17.6 Å². The topological polar surface area (TPSA) is 50.3 Å². The first-order valence-corrected chi connectivity index (χ1v) is 8.29. The standard InChI is InChI=1S/C16H24N4O/c1-2-6-16(5-1)11-20(9-10-21-16)15-13-3-7-17-8-4-14(13)18-12-19-15/h12,17H,1-11H2. The molecule has 2 fully saturated rings. The highest BCUT2D eigenvalue weighted by molar-refractivity contribution is 5.50. The number of hydrogen-bond acceptors (Lipinski definition) is 5. The van der Waals surface area contributed by atoms with Crippen molar-refractivity contribution in [1.29, 1.82) is 0 Å². The van der Waals surface area contributed by atoms with E-state index in [0.717, 1.165) is 45.6 Å². The molecular formula is C16H24N4O. The van der Waals surface area contributed by atoms with Crippen molar-refractivity contribution in [2.45, 2.75) is 44.1 Å². The zero-order valence-corrected chi connectivity index (χ0v) is 12.6. The van der Waals surface area contributed by atoms with Crippen LogP contribution in [0.3, 0.4) is 0 Å². The first-order chi connectivity index (χ1) is 10.4. The lowest BCUT2D eigenvalue weighted by Gasteiger charge is -2.41. The van der Waals surface area contributed by atoms with E-state index in [1.165, 1.54) is 42.8 Å². The maximum absolute atomic E-state index is 6.15. The molecule has 1 aromatic rings. The molecule has 1 saturated carbocycles. The van der Waals surface area contributed by atoms with Gasteiger partial charge in [-0.05, 0) is 25.8 Å². The van der Waals surface area contributed by atoms with E-state index in [2.05, 4.69) is 20.2 Å². The fraction of sp³-hybridized carbons (Fsp3) is 0.750. The summed E-state index contributed by atoms with van der Waals surface area (Å²) >= 11 is 0. The largest absolute Gasteiger partial charge is 0.371 e. The fourth-order valence-electron chi connectivity index (χ4n) is 4.07. The molecule has 0 unspecified atom stereocenters. The third kappa shape index (κ3) is 2.53. The summed E-state index contributed by atoms with van der Waals surface area (Å²) in [4.78, 5) is 11.6. The van der Waals surface area contributed by atoms with Gasteiger partial charge >= 0.3 is 0 Å². The van der Waals surface area contributed by atoms with E-state index in [-0.39, 0.29) is 5.60 Å². The normalized spacial score (nSPS) is 24.9. The molecule has 1 saturated heterocycles. The number of rotatable bonds is 1. The number of fused-ring (bicyclic) bond motifs is 1. The van der Waals surface area contributed by atoms with Gasteiger partial charge < -0.3 is 15.0 Å². The molecule has 1 aromatic heterocycles. The Labute approximate surface area is 126 Å². The van der Waals surface area contributed by atoms with Crippen molar-refractivity contribution in [2.75, 3.05) is 37.7 Å². The van der Waals surface area contributed by atoms with E-state index < -0.39 is 0 Å². The van der Waals surface area contributed by atoms with Gasteiger partial charge in [-0.3, -0.25) is 0 Å². The summed E-state index contributed by atoms with van der Waals surface area (Å²) in [5.41, 5.74) is 2.69. The van der Waals surface area contributed by atoms with Crippen molar-refractivity contribution in [3.63, 3.8) is 0 Å². The Kier molecular flexibility index (Phi) is 3.55. The second-order valence-electron chi connectivity index (χ2n) is 6.53.